The van der Waals surface area contributed by atoms with E-state index in [0.717, 1.165) is 0 Å². The first kappa shape index (κ1) is 19.9. The van der Waals surface area contributed by atoms with Crippen LogP contribution >= 0.6 is 0 Å². The zero-order valence-corrected chi connectivity index (χ0v) is 15.7. The summed E-state index contributed by atoms with van der Waals surface area (Å²) >= 11 is 0. The normalized spacial score (nSPS) is 19.3. The number of cyclic esters (lactones) is 1. The molecule has 2 aliphatic heterocycles. The van der Waals surface area contributed by atoms with Crippen molar-refractivity contribution in [2.24, 2.45) is 5.73 Å². The van der Waals surface area contributed by atoms with E-state index in [4.69, 9.17) is 15.2 Å². The lowest BCUT2D eigenvalue weighted by atomic mass is 10.1. The molecule has 2 N–H and O–H groups in total. The molecule has 0 aliphatic carbocycles. The first-order valence-electron chi connectivity index (χ1n) is 8.98. The molecular formula is C18H17F3N4O5. The number of alkyl halides is 3. The van der Waals surface area contributed by atoms with Gasteiger partial charge in [0.05, 0.1) is 12.1 Å². The number of carbonyl (C=O) groups excluding carboxylic acids is 2. The molecule has 1 fully saturated rings. The van der Waals surface area contributed by atoms with Crippen LogP contribution in [0.1, 0.15) is 6.92 Å². The van der Waals surface area contributed by atoms with Crippen molar-refractivity contribution >= 4 is 17.8 Å². The number of carbonyl (C=O) groups is 2. The number of imidazole rings is 1. The van der Waals surface area contributed by atoms with Crippen molar-refractivity contribution in [3.05, 3.63) is 24.4 Å². The standard InChI is InChI=1S/C18H17F3N4O5/c1-9(15(22)26)30-10-2-3-11-12(6-10)28-5-4-24-7-14(23-16(11)24)25-13(18(19,20)21)8-29-17(25)27/h2-3,6-7,9,13H,4-5,8H2,1H3,(H2,22,26)/t9-,13?/m0/s1. The maximum absolute atomic E-state index is 13.3. The monoisotopic (exact) mass is 426 g/mol. The van der Waals surface area contributed by atoms with Crippen molar-refractivity contribution < 1.29 is 37.0 Å². The third-order valence-electron chi connectivity index (χ3n) is 4.76. The Morgan fingerprint density at radius 1 is 1.37 bits per heavy atom. The second-order valence-corrected chi connectivity index (χ2v) is 6.79. The van der Waals surface area contributed by atoms with Crippen molar-refractivity contribution in [1.29, 1.82) is 0 Å². The lowest BCUT2D eigenvalue weighted by Crippen LogP contribution is -2.44. The molecule has 1 aromatic carbocycles. The number of rotatable bonds is 4. The Hall–Kier alpha value is -3.44. The highest BCUT2D eigenvalue weighted by Gasteiger charge is 2.52. The van der Waals surface area contributed by atoms with Crippen LogP contribution in [-0.2, 0) is 16.1 Å². The zero-order chi connectivity index (χ0) is 21.6. The van der Waals surface area contributed by atoms with Crippen molar-refractivity contribution in [3.8, 4) is 22.9 Å². The van der Waals surface area contributed by atoms with Gasteiger partial charge in [-0.25, -0.2) is 14.7 Å². The molecule has 1 aromatic heterocycles. The fourth-order valence-electron chi connectivity index (χ4n) is 3.22. The fourth-order valence-corrected chi connectivity index (χ4v) is 3.22. The second kappa shape index (κ2) is 7.11. The molecule has 4 rings (SSSR count). The summed E-state index contributed by atoms with van der Waals surface area (Å²) in [7, 11) is 0. The second-order valence-electron chi connectivity index (χ2n) is 6.79. The lowest BCUT2D eigenvalue weighted by molar-refractivity contribution is -0.147. The van der Waals surface area contributed by atoms with Crippen molar-refractivity contribution in [3.63, 3.8) is 0 Å². The smallest absolute Gasteiger partial charge is 0.416 e. The molecule has 0 radical (unpaired) electrons. The van der Waals surface area contributed by atoms with Gasteiger partial charge in [-0.1, -0.05) is 0 Å². The largest absolute Gasteiger partial charge is 0.491 e. The first-order chi connectivity index (χ1) is 14.1. The molecule has 1 saturated heterocycles. The number of anilines is 1. The molecule has 2 aliphatic rings. The van der Waals surface area contributed by atoms with Gasteiger partial charge in [0.25, 0.3) is 5.91 Å². The van der Waals surface area contributed by atoms with Crippen LogP contribution in [-0.4, -0.2) is 53.1 Å². The van der Waals surface area contributed by atoms with E-state index in [1.54, 1.807) is 22.8 Å². The van der Waals surface area contributed by atoms with Crippen LogP contribution in [0.25, 0.3) is 11.4 Å². The fraction of sp³-hybridized carbons (Fsp3) is 0.389. The van der Waals surface area contributed by atoms with E-state index in [2.05, 4.69) is 9.72 Å². The van der Waals surface area contributed by atoms with E-state index in [9.17, 15) is 22.8 Å². The molecule has 2 atom stereocenters. The van der Waals surface area contributed by atoms with Crippen molar-refractivity contribution in [1.82, 2.24) is 9.55 Å². The van der Waals surface area contributed by atoms with Crippen LogP contribution in [0.2, 0.25) is 0 Å². The molecular weight excluding hydrogens is 409 g/mol. The minimum absolute atomic E-state index is 0.162. The van der Waals surface area contributed by atoms with E-state index in [1.165, 1.54) is 13.1 Å². The summed E-state index contributed by atoms with van der Waals surface area (Å²) in [5.41, 5.74) is 5.69. The third-order valence-corrected chi connectivity index (χ3v) is 4.76. The summed E-state index contributed by atoms with van der Waals surface area (Å²) in [5.74, 6) is 0.234. The van der Waals surface area contributed by atoms with E-state index in [0.29, 0.717) is 34.3 Å². The predicted octanol–water partition coefficient (Wildman–Crippen LogP) is 2.08. The highest BCUT2D eigenvalue weighted by molar-refractivity contribution is 5.90. The molecule has 3 heterocycles. The van der Waals surface area contributed by atoms with Gasteiger partial charge >= 0.3 is 12.3 Å². The Kier molecular flexibility index (Phi) is 4.71. The van der Waals surface area contributed by atoms with Crippen LogP contribution in [0.4, 0.5) is 23.8 Å². The topological polar surface area (TPSA) is 109 Å². The van der Waals surface area contributed by atoms with Gasteiger partial charge in [0.15, 0.2) is 18.0 Å². The lowest BCUT2D eigenvalue weighted by Gasteiger charge is -2.21. The summed E-state index contributed by atoms with van der Waals surface area (Å²) in [6, 6.07) is 2.61. The van der Waals surface area contributed by atoms with E-state index < -0.39 is 36.9 Å². The van der Waals surface area contributed by atoms with Gasteiger partial charge in [-0.3, -0.25) is 4.79 Å². The number of fused-ring (bicyclic) bond motifs is 3. The van der Waals surface area contributed by atoms with Gasteiger partial charge < -0.3 is 24.5 Å². The molecule has 2 aromatic rings. The quantitative estimate of drug-likeness (QED) is 0.802. The number of hydrogen-bond donors (Lipinski definition) is 1. The number of hydrogen-bond acceptors (Lipinski definition) is 6. The Morgan fingerprint density at radius 2 is 2.13 bits per heavy atom. The molecule has 1 unspecified atom stereocenters. The molecule has 0 saturated carbocycles. The number of aromatic nitrogens is 2. The van der Waals surface area contributed by atoms with Gasteiger partial charge in [0.2, 0.25) is 0 Å². The average molecular weight is 426 g/mol. The van der Waals surface area contributed by atoms with Crippen molar-refractivity contribution in [2.75, 3.05) is 18.1 Å². The average Bonchev–Trinajstić information content (AvgIpc) is 3.21. The number of benzene rings is 1. The molecule has 9 nitrogen and oxygen atoms in total. The first-order valence-corrected chi connectivity index (χ1v) is 8.98. The van der Waals surface area contributed by atoms with Crippen LogP contribution in [0.3, 0.4) is 0 Å². The van der Waals surface area contributed by atoms with Gasteiger partial charge in [0, 0.05) is 12.3 Å². The predicted molar refractivity (Wildman–Crippen MR) is 96.1 cm³/mol. The van der Waals surface area contributed by atoms with Gasteiger partial charge in [-0.2, -0.15) is 13.2 Å². The summed E-state index contributed by atoms with van der Waals surface area (Å²) in [6.45, 7) is 1.21. The minimum atomic E-state index is -4.66. The summed E-state index contributed by atoms with van der Waals surface area (Å²) in [5, 5.41) is 0. The van der Waals surface area contributed by atoms with Crippen LogP contribution in [0.15, 0.2) is 24.4 Å². The highest BCUT2D eigenvalue weighted by Crippen LogP contribution is 2.38. The molecule has 12 heteroatoms. The van der Waals surface area contributed by atoms with Crippen LogP contribution in [0, 0.1) is 0 Å². The van der Waals surface area contributed by atoms with Gasteiger partial charge in [-0.05, 0) is 19.1 Å². The van der Waals surface area contributed by atoms with E-state index in [1.807, 2.05) is 0 Å². The number of nitrogens with zero attached hydrogens (tertiary/aromatic N) is 3. The van der Waals surface area contributed by atoms with Crippen LogP contribution < -0.4 is 20.1 Å². The third kappa shape index (κ3) is 3.48. The minimum Gasteiger partial charge on any atom is -0.491 e. The molecule has 30 heavy (non-hydrogen) atoms. The number of primary amides is 1. The number of halogens is 3. The van der Waals surface area contributed by atoms with E-state index >= 15 is 0 Å². The molecule has 2 amide bonds. The van der Waals surface area contributed by atoms with Gasteiger partial charge in [0.1, 0.15) is 30.5 Å². The SMILES string of the molecule is C[C@H](Oc1ccc2c(c1)OCCn1cc(N3C(=O)OCC3C(F)(F)F)nc1-2)C(N)=O. The Labute approximate surface area is 168 Å². The van der Waals surface area contributed by atoms with Gasteiger partial charge in [-0.15, -0.1) is 0 Å². The number of nitrogens with two attached hydrogens (primary N) is 1. The molecule has 0 spiro atoms. The van der Waals surface area contributed by atoms with Crippen LogP contribution in [0.5, 0.6) is 11.5 Å². The van der Waals surface area contributed by atoms with E-state index in [-0.39, 0.29) is 12.4 Å². The number of amides is 2. The molecule has 160 valence electrons. The highest BCUT2D eigenvalue weighted by atomic mass is 19.4. The van der Waals surface area contributed by atoms with Crippen molar-refractivity contribution in [2.45, 2.75) is 31.8 Å². The maximum atomic E-state index is 13.3. The Bertz CT molecular complexity index is 1010. The summed E-state index contributed by atoms with van der Waals surface area (Å²) in [4.78, 5) is 27.9. The Balaban J connectivity index is 1.69. The summed E-state index contributed by atoms with van der Waals surface area (Å²) < 4.78 is 57.2. The molecule has 0 bridgehead atoms. The zero-order valence-electron chi connectivity index (χ0n) is 15.7. The Morgan fingerprint density at radius 3 is 2.83 bits per heavy atom. The number of ether oxygens (including phenoxy) is 3. The maximum Gasteiger partial charge on any atom is 0.416 e. The summed E-state index contributed by atoms with van der Waals surface area (Å²) in [6.07, 6.45) is -5.26.